The van der Waals surface area contributed by atoms with E-state index in [0.717, 1.165) is 44.8 Å². The lowest BCUT2D eigenvalue weighted by Crippen LogP contribution is -2.45. The van der Waals surface area contributed by atoms with Gasteiger partial charge in [0.05, 0.1) is 19.3 Å². The van der Waals surface area contributed by atoms with Crippen molar-refractivity contribution in [1.82, 2.24) is 15.5 Å². The van der Waals surface area contributed by atoms with Gasteiger partial charge in [-0.15, -0.1) is 0 Å². The van der Waals surface area contributed by atoms with Gasteiger partial charge in [-0.3, -0.25) is 4.90 Å². The average molecular weight is 325 g/mol. The van der Waals surface area contributed by atoms with Crippen molar-refractivity contribution in [3.05, 3.63) is 35.6 Å². The van der Waals surface area contributed by atoms with E-state index in [9.17, 15) is 4.39 Å². The quantitative estimate of drug-likeness (QED) is 0.783. The van der Waals surface area contributed by atoms with E-state index in [1.54, 1.807) is 0 Å². The van der Waals surface area contributed by atoms with Gasteiger partial charge in [0.1, 0.15) is 5.82 Å². The van der Waals surface area contributed by atoms with Crippen molar-refractivity contribution in [3.63, 3.8) is 0 Å². The first-order valence-corrected chi connectivity index (χ1v) is 8.20. The number of benzene rings is 1. The summed E-state index contributed by atoms with van der Waals surface area (Å²) in [5.74, 6) is -0.211. The van der Waals surface area contributed by atoms with Gasteiger partial charge in [-0.25, -0.2) is 4.39 Å². The predicted octanol–water partition coefficient (Wildman–Crippen LogP) is 2.07. The van der Waals surface area contributed by atoms with E-state index >= 15 is 0 Å². The minimum Gasteiger partial charge on any atom is -0.379 e. The molecule has 1 aromatic carbocycles. The summed E-state index contributed by atoms with van der Waals surface area (Å²) in [6.07, 6.45) is 1.03. The van der Waals surface area contributed by atoms with Gasteiger partial charge in [-0.05, 0) is 36.3 Å². The van der Waals surface area contributed by atoms with Crippen molar-refractivity contribution >= 4 is 17.3 Å². The summed E-state index contributed by atoms with van der Waals surface area (Å²) in [5, 5.41) is 7.11. The first-order chi connectivity index (χ1) is 10.7. The Kier molecular flexibility index (Phi) is 7.02. The number of thiocarbonyl (C=S) groups is 1. The van der Waals surface area contributed by atoms with Gasteiger partial charge in [-0.2, -0.15) is 0 Å². The lowest BCUT2D eigenvalue weighted by Gasteiger charge is -2.35. The maximum atomic E-state index is 13.2. The maximum absolute atomic E-state index is 13.2. The van der Waals surface area contributed by atoms with Crippen LogP contribution in [0.1, 0.15) is 24.9 Å². The van der Waals surface area contributed by atoms with Gasteiger partial charge in [0.15, 0.2) is 5.11 Å². The van der Waals surface area contributed by atoms with Crippen molar-refractivity contribution in [2.24, 2.45) is 0 Å². The lowest BCUT2D eigenvalue weighted by molar-refractivity contribution is 0.0170. The largest absolute Gasteiger partial charge is 0.379 e. The molecular formula is C16H24FN3OS. The minimum absolute atomic E-state index is 0.158. The molecule has 6 heteroatoms. The fourth-order valence-electron chi connectivity index (χ4n) is 2.52. The molecule has 0 bridgehead atoms. The van der Waals surface area contributed by atoms with Crippen LogP contribution in [0.5, 0.6) is 0 Å². The molecule has 2 rings (SSSR count). The van der Waals surface area contributed by atoms with Gasteiger partial charge in [0, 0.05) is 26.2 Å². The van der Waals surface area contributed by atoms with E-state index in [-0.39, 0.29) is 11.9 Å². The normalized spacial score (nSPS) is 17.0. The number of hydrogen-bond acceptors (Lipinski definition) is 3. The molecule has 1 aliphatic rings. The minimum atomic E-state index is -0.211. The molecule has 1 unspecified atom stereocenters. The summed E-state index contributed by atoms with van der Waals surface area (Å²) < 4.78 is 18.6. The van der Waals surface area contributed by atoms with Gasteiger partial charge < -0.3 is 15.4 Å². The summed E-state index contributed by atoms with van der Waals surface area (Å²) in [6, 6.07) is 6.87. The zero-order valence-corrected chi connectivity index (χ0v) is 13.8. The molecule has 1 aromatic rings. The third-order valence-electron chi connectivity index (χ3n) is 3.73. The summed E-state index contributed by atoms with van der Waals surface area (Å²) in [7, 11) is 0. The van der Waals surface area contributed by atoms with E-state index in [1.807, 2.05) is 12.1 Å². The number of halogens is 1. The van der Waals surface area contributed by atoms with E-state index in [0.29, 0.717) is 11.7 Å². The Morgan fingerprint density at radius 2 is 1.95 bits per heavy atom. The van der Waals surface area contributed by atoms with Crippen LogP contribution in [-0.4, -0.2) is 49.4 Å². The Morgan fingerprint density at radius 3 is 2.59 bits per heavy atom. The third kappa shape index (κ3) is 5.19. The fourth-order valence-corrected chi connectivity index (χ4v) is 2.71. The molecule has 22 heavy (non-hydrogen) atoms. The molecule has 4 nitrogen and oxygen atoms in total. The van der Waals surface area contributed by atoms with Gasteiger partial charge in [0.2, 0.25) is 0 Å². The zero-order valence-electron chi connectivity index (χ0n) is 13.0. The van der Waals surface area contributed by atoms with Crippen LogP contribution >= 0.6 is 12.2 Å². The van der Waals surface area contributed by atoms with Crippen LogP contribution in [0.25, 0.3) is 0 Å². The Bertz CT molecular complexity index is 463. The Morgan fingerprint density at radius 1 is 1.27 bits per heavy atom. The van der Waals surface area contributed by atoms with E-state index in [4.69, 9.17) is 17.0 Å². The van der Waals surface area contributed by atoms with Gasteiger partial charge >= 0.3 is 0 Å². The van der Waals surface area contributed by atoms with E-state index in [1.165, 1.54) is 12.1 Å². The van der Waals surface area contributed by atoms with Gasteiger partial charge in [0.25, 0.3) is 0 Å². The Labute approximate surface area is 137 Å². The molecule has 0 saturated carbocycles. The molecule has 122 valence electrons. The average Bonchev–Trinajstić information content (AvgIpc) is 2.55. The highest BCUT2D eigenvalue weighted by Crippen LogP contribution is 2.21. The van der Waals surface area contributed by atoms with Crippen LogP contribution in [0, 0.1) is 5.82 Å². The lowest BCUT2D eigenvalue weighted by atomic mass is 10.0. The summed E-state index contributed by atoms with van der Waals surface area (Å²) in [6.45, 7) is 6.88. The fraction of sp³-hybridized carbons (Fsp3) is 0.562. The number of nitrogens with one attached hydrogen (secondary N) is 2. The second-order valence-electron chi connectivity index (χ2n) is 5.35. The summed E-state index contributed by atoms with van der Waals surface area (Å²) in [4.78, 5) is 2.35. The standard InChI is InChI=1S/C16H24FN3OS/c1-2-7-18-16(22)19-12-15(20-8-10-21-11-9-20)13-3-5-14(17)6-4-13/h3-6,15H,2,7-12H2,1H3,(H2,18,19,22). The highest BCUT2D eigenvalue weighted by Gasteiger charge is 2.22. The molecule has 1 atom stereocenters. The highest BCUT2D eigenvalue weighted by molar-refractivity contribution is 7.80. The Hall–Kier alpha value is -1.24. The summed E-state index contributed by atoms with van der Waals surface area (Å²) in [5.41, 5.74) is 1.09. The molecule has 0 radical (unpaired) electrons. The van der Waals surface area contributed by atoms with Crippen molar-refractivity contribution < 1.29 is 9.13 Å². The highest BCUT2D eigenvalue weighted by atomic mass is 32.1. The smallest absolute Gasteiger partial charge is 0.166 e. The van der Waals surface area contributed by atoms with Crippen LogP contribution < -0.4 is 10.6 Å². The monoisotopic (exact) mass is 325 g/mol. The molecule has 1 aliphatic heterocycles. The van der Waals surface area contributed by atoms with E-state index < -0.39 is 0 Å². The molecule has 0 amide bonds. The van der Waals surface area contributed by atoms with Crippen LogP contribution in [0.3, 0.4) is 0 Å². The molecule has 1 fully saturated rings. The molecular weight excluding hydrogens is 301 g/mol. The molecule has 0 aliphatic carbocycles. The zero-order chi connectivity index (χ0) is 15.8. The molecule has 2 N–H and O–H groups in total. The van der Waals surface area contributed by atoms with Crippen molar-refractivity contribution in [2.45, 2.75) is 19.4 Å². The number of hydrogen-bond donors (Lipinski definition) is 2. The van der Waals surface area contributed by atoms with Crippen LogP contribution in [-0.2, 0) is 4.74 Å². The molecule has 0 spiro atoms. The van der Waals surface area contributed by atoms with Gasteiger partial charge in [-0.1, -0.05) is 19.1 Å². The van der Waals surface area contributed by atoms with Crippen LogP contribution in [0.4, 0.5) is 4.39 Å². The van der Waals surface area contributed by atoms with Crippen molar-refractivity contribution in [1.29, 1.82) is 0 Å². The summed E-state index contributed by atoms with van der Waals surface area (Å²) >= 11 is 5.28. The Balaban J connectivity index is 2.01. The molecule has 1 saturated heterocycles. The predicted molar refractivity (Wildman–Crippen MR) is 90.4 cm³/mol. The van der Waals surface area contributed by atoms with Crippen LogP contribution in [0.2, 0.25) is 0 Å². The molecule has 1 heterocycles. The SMILES string of the molecule is CCCNC(=S)NCC(c1ccc(F)cc1)N1CCOCC1. The topological polar surface area (TPSA) is 36.5 Å². The number of nitrogens with zero attached hydrogens (tertiary/aromatic N) is 1. The number of morpholine rings is 1. The third-order valence-corrected chi connectivity index (χ3v) is 4.02. The first-order valence-electron chi connectivity index (χ1n) is 7.79. The molecule has 0 aromatic heterocycles. The van der Waals surface area contributed by atoms with Crippen molar-refractivity contribution in [3.8, 4) is 0 Å². The maximum Gasteiger partial charge on any atom is 0.166 e. The first kappa shape index (κ1) is 17.1. The van der Waals surface area contributed by atoms with E-state index in [2.05, 4.69) is 22.5 Å². The number of ether oxygens (including phenoxy) is 1. The number of rotatable bonds is 6. The second kappa shape index (κ2) is 9.02. The van der Waals surface area contributed by atoms with Crippen molar-refractivity contribution in [2.75, 3.05) is 39.4 Å². The van der Waals surface area contributed by atoms with Crippen LogP contribution in [0.15, 0.2) is 24.3 Å². The second-order valence-corrected chi connectivity index (χ2v) is 5.76.